The van der Waals surface area contributed by atoms with E-state index >= 15 is 0 Å². The van der Waals surface area contributed by atoms with Gasteiger partial charge in [0.15, 0.2) is 5.76 Å². The van der Waals surface area contributed by atoms with Crippen LogP contribution in [0.15, 0.2) is 4.52 Å². The van der Waals surface area contributed by atoms with Crippen LogP contribution >= 0.6 is 0 Å². The van der Waals surface area contributed by atoms with E-state index in [2.05, 4.69) is 5.16 Å². The molecule has 1 N–H and O–H groups in total. The van der Waals surface area contributed by atoms with E-state index in [9.17, 15) is 13.2 Å². The second-order valence-corrected chi connectivity index (χ2v) is 6.54. The van der Waals surface area contributed by atoms with Crippen LogP contribution < -0.4 is 0 Å². The summed E-state index contributed by atoms with van der Waals surface area (Å²) in [7, 11) is -2.96. The molecule has 0 aliphatic carbocycles. The molecule has 0 amide bonds. The molecule has 0 saturated carbocycles. The Morgan fingerprint density at radius 2 is 2.00 bits per heavy atom. The number of rotatable bonds is 2. The summed E-state index contributed by atoms with van der Waals surface area (Å²) >= 11 is 0. The third-order valence-electron chi connectivity index (χ3n) is 3.03. The summed E-state index contributed by atoms with van der Waals surface area (Å²) in [6, 6.07) is 0. The molecule has 0 bridgehead atoms. The third-order valence-corrected chi connectivity index (χ3v) is 4.74. The molecule has 0 atom stereocenters. The molecule has 94 valence electrons. The standard InChI is InChI=1S/C10H13NO5S/c1-6-8(10(12)13)9(16-11-6)7-2-4-17(14,15)5-3-7/h7H,2-5H2,1H3,(H,12,13). The lowest BCUT2D eigenvalue weighted by Gasteiger charge is -2.19. The number of aromatic nitrogens is 1. The number of carboxylic acids is 1. The summed E-state index contributed by atoms with van der Waals surface area (Å²) in [5.41, 5.74) is 0.412. The number of sulfone groups is 1. The quantitative estimate of drug-likeness (QED) is 0.850. The largest absolute Gasteiger partial charge is 0.477 e. The predicted octanol–water partition coefficient (Wildman–Crippen LogP) is 0.973. The van der Waals surface area contributed by atoms with Crippen molar-refractivity contribution in [2.45, 2.75) is 25.7 Å². The van der Waals surface area contributed by atoms with Crippen molar-refractivity contribution >= 4 is 15.8 Å². The molecule has 1 aliphatic rings. The van der Waals surface area contributed by atoms with Crippen LogP contribution in [0.4, 0.5) is 0 Å². The zero-order valence-corrected chi connectivity index (χ0v) is 10.2. The summed E-state index contributed by atoms with van der Waals surface area (Å²) in [5, 5.41) is 12.7. The van der Waals surface area contributed by atoms with Gasteiger partial charge in [-0.05, 0) is 19.8 Å². The number of aryl methyl sites for hydroxylation is 1. The van der Waals surface area contributed by atoms with Gasteiger partial charge < -0.3 is 9.63 Å². The van der Waals surface area contributed by atoms with Crippen LogP contribution in [-0.2, 0) is 9.84 Å². The van der Waals surface area contributed by atoms with Crippen molar-refractivity contribution < 1.29 is 22.8 Å². The highest BCUT2D eigenvalue weighted by atomic mass is 32.2. The molecule has 1 aromatic heterocycles. The fourth-order valence-corrected chi connectivity index (χ4v) is 3.57. The number of aromatic carboxylic acids is 1. The lowest BCUT2D eigenvalue weighted by molar-refractivity contribution is 0.0692. The van der Waals surface area contributed by atoms with Gasteiger partial charge in [0.05, 0.1) is 17.2 Å². The maximum atomic E-state index is 11.3. The van der Waals surface area contributed by atoms with Crippen LogP contribution in [0, 0.1) is 6.92 Å². The summed E-state index contributed by atoms with van der Waals surface area (Å²) < 4.78 is 27.6. The number of carboxylic acid groups (broad SMARTS) is 1. The SMILES string of the molecule is Cc1noc(C2CCS(=O)(=O)CC2)c1C(=O)O. The molecular weight excluding hydrogens is 246 g/mol. The number of hydrogen-bond acceptors (Lipinski definition) is 5. The lowest BCUT2D eigenvalue weighted by Crippen LogP contribution is -2.22. The van der Waals surface area contributed by atoms with Crippen molar-refractivity contribution in [3.05, 3.63) is 17.0 Å². The molecule has 2 heterocycles. The van der Waals surface area contributed by atoms with Crippen LogP contribution in [0.3, 0.4) is 0 Å². The Morgan fingerprint density at radius 3 is 2.53 bits per heavy atom. The predicted molar refractivity (Wildman–Crippen MR) is 58.8 cm³/mol. The van der Waals surface area contributed by atoms with Gasteiger partial charge in [-0.15, -0.1) is 0 Å². The summed E-state index contributed by atoms with van der Waals surface area (Å²) in [6.07, 6.45) is 0.800. The molecular formula is C10H13NO5S. The molecule has 0 unspecified atom stereocenters. The van der Waals surface area contributed by atoms with Gasteiger partial charge in [-0.2, -0.15) is 0 Å². The van der Waals surface area contributed by atoms with Gasteiger partial charge in [-0.1, -0.05) is 5.16 Å². The molecule has 7 heteroatoms. The lowest BCUT2D eigenvalue weighted by atomic mass is 9.96. The first kappa shape index (κ1) is 12.1. The van der Waals surface area contributed by atoms with Crippen molar-refractivity contribution in [1.82, 2.24) is 5.16 Å². The minimum Gasteiger partial charge on any atom is -0.477 e. The van der Waals surface area contributed by atoms with E-state index in [1.807, 2.05) is 0 Å². The van der Waals surface area contributed by atoms with E-state index < -0.39 is 15.8 Å². The van der Waals surface area contributed by atoms with Crippen LogP contribution in [0.5, 0.6) is 0 Å². The highest BCUT2D eigenvalue weighted by Gasteiger charge is 2.31. The molecule has 1 aromatic rings. The van der Waals surface area contributed by atoms with Gasteiger partial charge in [-0.25, -0.2) is 13.2 Å². The van der Waals surface area contributed by atoms with E-state index in [0.29, 0.717) is 24.3 Å². The first-order valence-electron chi connectivity index (χ1n) is 5.30. The molecule has 17 heavy (non-hydrogen) atoms. The van der Waals surface area contributed by atoms with Crippen molar-refractivity contribution in [2.24, 2.45) is 0 Å². The van der Waals surface area contributed by atoms with Crippen molar-refractivity contribution in [1.29, 1.82) is 0 Å². The molecule has 1 fully saturated rings. The van der Waals surface area contributed by atoms with Crippen molar-refractivity contribution in [3.63, 3.8) is 0 Å². The van der Waals surface area contributed by atoms with E-state index in [1.165, 1.54) is 0 Å². The molecule has 6 nitrogen and oxygen atoms in total. The Kier molecular flexibility index (Phi) is 2.94. The van der Waals surface area contributed by atoms with E-state index in [-0.39, 0.29) is 23.0 Å². The molecule has 0 radical (unpaired) electrons. The summed E-state index contributed by atoms with van der Waals surface area (Å²) in [6.45, 7) is 1.57. The van der Waals surface area contributed by atoms with Crippen LogP contribution in [0.2, 0.25) is 0 Å². The highest BCUT2D eigenvalue weighted by Crippen LogP contribution is 2.32. The maximum absolute atomic E-state index is 11.3. The van der Waals surface area contributed by atoms with Gasteiger partial charge in [0.25, 0.3) is 0 Å². The summed E-state index contributed by atoms with van der Waals surface area (Å²) in [5.74, 6) is -0.768. The van der Waals surface area contributed by atoms with Crippen molar-refractivity contribution in [3.8, 4) is 0 Å². The second kappa shape index (κ2) is 4.14. The fourth-order valence-electron chi connectivity index (χ4n) is 2.08. The van der Waals surface area contributed by atoms with E-state index in [1.54, 1.807) is 6.92 Å². The first-order valence-corrected chi connectivity index (χ1v) is 7.13. The molecule has 0 spiro atoms. The number of nitrogens with zero attached hydrogens (tertiary/aromatic N) is 1. The van der Waals surface area contributed by atoms with Gasteiger partial charge in [0.1, 0.15) is 15.4 Å². The van der Waals surface area contributed by atoms with Gasteiger partial charge in [0, 0.05) is 5.92 Å². The van der Waals surface area contributed by atoms with Gasteiger partial charge in [-0.3, -0.25) is 0 Å². The van der Waals surface area contributed by atoms with Crippen LogP contribution in [0.1, 0.15) is 40.6 Å². The van der Waals surface area contributed by atoms with Crippen molar-refractivity contribution in [2.75, 3.05) is 11.5 Å². The topological polar surface area (TPSA) is 97.5 Å². The van der Waals surface area contributed by atoms with Crippen LogP contribution in [0.25, 0.3) is 0 Å². The third kappa shape index (κ3) is 2.33. The highest BCUT2D eigenvalue weighted by molar-refractivity contribution is 7.91. The Bertz CT molecular complexity index is 531. The smallest absolute Gasteiger partial charge is 0.341 e. The Balaban J connectivity index is 2.27. The van der Waals surface area contributed by atoms with E-state index in [4.69, 9.17) is 9.63 Å². The Morgan fingerprint density at radius 1 is 1.41 bits per heavy atom. The van der Waals surface area contributed by atoms with Crippen LogP contribution in [-0.4, -0.2) is 36.2 Å². The second-order valence-electron chi connectivity index (χ2n) is 4.24. The minimum absolute atomic E-state index is 0.0781. The minimum atomic E-state index is -2.96. The Labute approximate surface area is 98.5 Å². The zero-order chi connectivity index (χ0) is 12.6. The Hall–Kier alpha value is -1.37. The molecule has 2 rings (SSSR count). The zero-order valence-electron chi connectivity index (χ0n) is 9.34. The molecule has 1 saturated heterocycles. The molecule has 1 aliphatic heterocycles. The average Bonchev–Trinajstić information content (AvgIpc) is 2.60. The number of hydrogen-bond donors (Lipinski definition) is 1. The molecule has 0 aromatic carbocycles. The number of carbonyl (C=O) groups is 1. The van der Waals surface area contributed by atoms with Gasteiger partial charge >= 0.3 is 5.97 Å². The first-order chi connectivity index (χ1) is 7.91. The normalized spacial score (nSPS) is 20.3. The van der Waals surface area contributed by atoms with Gasteiger partial charge in [0.2, 0.25) is 0 Å². The summed E-state index contributed by atoms with van der Waals surface area (Å²) in [4.78, 5) is 11.1. The maximum Gasteiger partial charge on any atom is 0.341 e. The monoisotopic (exact) mass is 259 g/mol. The fraction of sp³-hybridized carbons (Fsp3) is 0.600. The van der Waals surface area contributed by atoms with E-state index in [0.717, 1.165) is 0 Å². The average molecular weight is 259 g/mol.